The minimum atomic E-state index is -1.12. The maximum absolute atomic E-state index is 13.4. The lowest BCUT2D eigenvalue weighted by atomic mass is 9.68. The number of hydrogen-bond acceptors (Lipinski definition) is 3. The highest BCUT2D eigenvalue weighted by molar-refractivity contribution is 7.89. The maximum atomic E-state index is 13.4. The van der Waals surface area contributed by atoms with Crippen molar-refractivity contribution >= 4 is 17.3 Å². The molecular formula is C25H30N2O2S. The van der Waals surface area contributed by atoms with Crippen molar-refractivity contribution in [2.45, 2.75) is 62.9 Å². The van der Waals surface area contributed by atoms with Crippen molar-refractivity contribution in [3.05, 3.63) is 65.2 Å². The molecule has 1 spiro atoms. The van der Waals surface area contributed by atoms with Crippen LogP contribution < -0.4 is 0 Å². The Kier molecular flexibility index (Phi) is 5.38. The molecule has 0 aromatic heterocycles. The Labute approximate surface area is 182 Å². The number of carbonyl (C=O) groups excluding carboxylic acids is 1. The zero-order valence-corrected chi connectivity index (χ0v) is 18.5. The summed E-state index contributed by atoms with van der Waals surface area (Å²) in [6.07, 6.45) is 6.37. The van der Waals surface area contributed by atoms with Crippen molar-refractivity contribution in [1.82, 2.24) is 9.21 Å². The highest BCUT2D eigenvalue weighted by atomic mass is 32.2. The molecule has 2 heterocycles. The molecule has 5 heteroatoms. The fraction of sp³-hybridized carbons (Fsp3) is 0.480. The van der Waals surface area contributed by atoms with Gasteiger partial charge in [-0.05, 0) is 60.8 Å². The zero-order valence-electron chi connectivity index (χ0n) is 17.7. The minimum absolute atomic E-state index is 0.165. The number of benzene rings is 2. The van der Waals surface area contributed by atoms with Crippen LogP contribution in [0.3, 0.4) is 0 Å². The van der Waals surface area contributed by atoms with E-state index in [1.807, 2.05) is 41.3 Å². The van der Waals surface area contributed by atoms with E-state index in [9.17, 15) is 9.35 Å². The van der Waals surface area contributed by atoms with E-state index in [0.717, 1.165) is 35.5 Å². The molecule has 2 aromatic carbocycles. The molecule has 0 radical (unpaired) electrons. The van der Waals surface area contributed by atoms with Gasteiger partial charge in [0.05, 0.1) is 30.4 Å². The van der Waals surface area contributed by atoms with Gasteiger partial charge in [0, 0.05) is 19.2 Å². The summed E-state index contributed by atoms with van der Waals surface area (Å²) >= 11 is -1.12. The molecule has 2 fully saturated rings. The molecule has 2 atom stereocenters. The Morgan fingerprint density at radius 2 is 1.97 bits per heavy atom. The SMILES string of the molecule is CC1CC2(CCC2)CN1[S+]([O-])c1ccc2c(c1)CN(C(=O)Cc1ccccc1)CC2. The van der Waals surface area contributed by atoms with E-state index >= 15 is 0 Å². The Hall–Kier alpha value is -1.82. The molecule has 4 nitrogen and oxygen atoms in total. The highest BCUT2D eigenvalue weighted by Gasteiger charge is 2.50. The number of hydrogen-bond donors (Lipinski definition) is 0. The van der Waals surface area contributed by atoms with Crippen LogP contribution in [0, 0.1) is 5.41 Å². The Morgan fingerprint density at radius 1 is 1.17 bits per heavy atom. The van der Waals surface area contributed by atoms with Crippen LogP contribution in [-0.2, 0) is 35.5 Å². The quantitative estimate of drug-likeness (QED) is 0.697. The standard InChI is InChI=1S/C25H30N2O2S/c1-19-16-25(11-5-12-25)18-27(19)30(29)23-9-8-21-10-13-26(17-22(21)15-23)24(28)14-20-6-3-2-4-7-20/h2-4,6-9,15,19H,5,10-14,16-18H2,1H3. The summed E-state index contributed by atoms with van der Waals surface area (Å²) in [7, 11) is 0. The van der Waals surface area contributed by atoms with Crippen molar-refractivity contribution in [3.8, 4) is 0 Å². The molecule has 1 saturated heterocycles. The summed E-state index contributed by atoms with van der Waals surface area (Å²) in [5.74, 6) is 0.165. The molecule has 30 heavy (non-hydrogen) atoms. The van der Waals surface area contributed by atoms with Gasteiger partial charge in [-0.15, -0.1) is 4.31 Å². The van der Waals surface area contributed by atoms with Crippen LogP contribution in [0.15, 0.2) is 53.4 Å². The third kappa shape index (κ3) is 3.79. The van der Waals surface area contributed by atoms with Crippen LogP contribution in [0.4, 0.5) is 0 Å². The summed E-state index contributed by atoms with van der Waals surface area (Å²) in [4.78, 5) is 15.6. The summed E-state index contributed by atoms with van der Waals surface area (Å²) in [5.41, 5.74) is 3.91. The molecule has 1 aliphatic carbocycles. The van der Waals surface area contributed by atoms with Crippen molar-refractivity contribution in [2.75, 3.05) is 13.1 Å². The highest BCUT2D eigenvalue weighted by Crippen LogP contribution is 2.51. The average Bonchev–Trinajstić information content (AvgIpc) is 3.11. The zero-order chi connectivity index (χ0) is 20.7. The van der Waals surface area contributed by atoms with Gasteiger partial charge in [0.25, 0.3) is 0 Å². The predicted molar refractivity (Wildman–Crippen MR) is 119 cm³/mol. The van der Waals surface area contributed by atoms with Gasteiger partial charge in [-0.3, -0.25) is 4.79 Å². The smallest absolute Gasteiger partial charge is 0.227 e. The lowest BCUT2D eigenvalue weighted by Crippen LogP contribution is -2.38. The maximum Gasteiger partial charge on any atom is 0.227 e. The van der Waals surface area contributed by atoms with Crippen molar-refractivity contribution in [1.29, 1.82) is 0 Å². The third-order valence-electron chi connectivity index (χ3n) is 7.28. The van der Waals surface area contributed by atoms with E-state index in [4.69, 9.17) is 0 Å². The van der Waals surface area contributed by atoms with Crippen LogP contribution in [0.25, 0.3) is 0 Å². The number of rotatable bonds is 4. The first kappa shape index (κ1) is 20.1. The Morgan fingerprint density at radius 3 is 2.67 bits per heavy atom. The molecule has 2 aliphatic heterocycles. The Balaban J connectivity index is 1.29. The van der Waals surface area contributed by atoms with E-state index in [1.165, 1.54) is 31.2 Å². The van der Waals surface area contributed by atoms with Crippen LogP contribution in [0.2, 0.25) is 0 Å². The van der Waals surface area contributed by atoms with Crippen LogP contribution in [-0.4, -0.2) is 38.8 Å². The number of fused-ring (bicyclic) bond motifs is 1. The predicted octanol–water partition coefficient (Wildman–Crippen LogP) is 4.10. The van der Waals surface area contributed by atoms with Crippen molar-refractivity contribution in [3.63, 3.8) is 0 Å². The molecule has 0 N–H and O–H groups in total. The largest absolute Gasteiger partial charge is 0.593 e. The van der Waals surface area contributed by atoms with Gasteiger partial charge in [0.2, 0.25) is 5.91 Å². The molecule has 0 bridgehead atoms. The van der Waals surface area contributed by atoms with E-state index in [2.05, 4.69) is 23.4 Å². The second kappa shape index (κ2) is 8.03. The van der Waals surface area contributed by atoms with E-state index < -0.39 is 11.4 Å². The molecule has 2 aromatic rings. The van der Waals surface area contributed by atoms with Gasteiger partial charge >= 0.3 is 0 Å². The first-order chi connectivity index (χ1) is 14.5. The van der Waals surface area contributed by atoms with Crippen LogP contribution >= 0.6 is 0 Å². The normalized spacial score (nSPS) is 23.8. The van der Waals surface area contributed by atoms with Crippen LogP contribution in [0.1, 0.15) is 49.3 Å². The first-order valence-corrected chi connectivity index (χ1v) is 12.3. The summed E-state index contributed by atoms with van der Waals surface area (Å²) < 4.78 is 15.6. The number of nitrogens with zero attached hydrogens (tertiary/aromatic N) is 2. The molecule has 5 rings (SSSR count). The minimum Gasteiger partial charge on any atom is -0.593 e. The summed E-state index contributed by atoms with van der Waals surface area (Å²) in [6, 6.07) is 16.5. The number of carbonyl (C=O) groups is 1. The van der Waals surface area contributed by atoms with Crippen molar-refractivity contribution < 1.29 is 9.35 Å². The first-order valence-electron chi connectivity index (χ1n) is 11.2. The Bertz CT molecular complexity index is 928. The summed E-state index contributed by atoms with van der Waals surface area (Å²) in [5, 5.41) is 0. The fourth-order valence-corrected chi connectivity index (χ4v) is 6.90. The number of amides is 1. The lowest BCUT2D eigenvalue weighted by molar-refractivity contribution is -0.131. The molecule has 3 aliphatic rings. The van der Waals surface area contributed by atoms with Gasteiger partial charge in [0.1, 0.15) is 0 Å². The van der Waals surface area contributed by atoms with E-state index in [-0.39, 0.29) is 5.91 Å². The van der Waals surface area contributed by atoms with Crippen molar-refractivity contribution in [2.24, 2.45) is 5.41 Å². The van der Waals surface area contributed by atoms with Gasteiger partial charge in [-0.1, -0.05) is 42.8 Å². The van der Waals surface area contributed by atoms with Gasteiger partial charge < -0.3 is 9.45 Å². The second-order valence-corrected chi connectivity index (χ2v) is 10.8. The third-order valence-corrected chi connectivity index (χ3v) is 8.85. The molecule has 1 amide bonds. The molecule has 1 saturated carbocycles. The second-order valence-electron chi connectivity index (χ2n) is 9.39. The monoisotopic (exact) mass is 422 g/mol. The lowest BCUT2D eigenvalue weighted by Gasteiger charge is -2.37. The molecule has 2 unspecified atom stereocenters. The topological polar surface area (TPSA) is 46.6 Å². The van der Waals surface area contributed by atoms with Gasteiger partial charge in [-0.2, -0.15) is 0 Å². The molecular weight excluding hydrogens is 392 g/mol. The molecule has 158 valence electrons. The van der Waals surface area contributed by atoms with Gasteiger partial charge in [0.15, 0.2) is 4.90 Å². The fourth-order valence-electron chi connectivity index (χ4n) is 5.41. The van der Waals surface area contributed by atoms with E-state index in [1.54, 1.807) is 0 Å². The summed E-state index contributed by atoms with van der Waals surface area (Å²) in [6.45, 7) is 4.55. The van der Waals surface area contributed by atoms with E-state index in [0.29, 0.717) is 24.4 Å². The average molecular weight is 423 g/mol. The van der Waals surface area contributed by atoms with Gasteiger partial charge in [-0.25, -0.2) is 0 Å². The van der Waals surface area contributed by atoms with Crippen LogP contribution in [0.5, 0.6) is 0 Å².